The van der Waals surface area contributed by atoms with Gasteiger partial charge in [0.05, 0.1) is 0 Å². The molecule has 0 heterocycles. The van der Waals surface area contributed by atoms with Crippen LogP contribution in [0.15, 0.2) is 158 Å². The van der Waals surface area contributed by atoms with Gasteiger partial charge in [0, 0.05) is 0 Å². The van der Waals surface area contributed by atoms with Crippen LogP contribution < -0.4 is 0 Å². The van der Waals surface area contributed by atoms with Crippen molar-refractivity contribution in [3.63, 3.8) is 0 Å². The van der Waals surface area contributed by atoms with Crippen molar-refractivity contribution >= 4 is 75.4 Å². The van der Waals surface area contributed by atoms with Gasteiger partial charge in [-0.2, -0.15) is 0 Å². The molecular formula is C44H26. The Morgan fingerprint density at radius 3 is 1.57 bits per heavy atom. The van der Waals surface area contributed by atoms with Crippen molar-refractivity contribution < 1.29 is 0 Å². The minimum atomic E-state index is 1.25. The fraction of sp³-hybridized carbons (Fsp3) is 0. The van der Waals surface area contributed by atoms with E-state index < -0.39 is 0 Å². The third-order valence-electron chi connectivity index (χ3n) is 9.78. The van der Waals surface area contributed by atoms with Gasteiger partial charge in [0.1, 0.15) is 0 Å². The lowest BCUT2D eigenvalue weighted by atomic mass is 9.85. The Labute approximate surface area is 254 Å². The highest BCUT2D eigenvalue weighted by Crippen LogP contribution is 2.45. The van der Waals surface area contributed by atoms with E-state index in [1.807, 2.05) is 0 Å². The smallest absolute Gasteiger partial charge is 0.00206 e. The molecule has 0 unspecified atom stereocenters. The lowest BCUT2D eigenvalue weighted by molar-refractivity contribution is 1.66. The zero-order valence-corrected chi connectivity index (χ0v) is 24.0. The molecule has 44 heavy (non-hydrogen) atoms. The van der Waals surface area contributed by atoms with Crippen molar-refractivity contribution in [2.75, 3.05) is 0 Å². The standard InChI is InChI=1S/C44H26/c1-3-10-34-27(6-1)14-21-38-35-20-19-33(26-32(35)18-23-37(34)38)43-36-11-4-2-7-28(36)15-24-40(43)39-22-16-31-13-12-29-8-5-9-30-17-25-41(39)44(31)42(29)30/h1-26H. The van der Waals surface area contributed by atoms with Crippen LogP contribution in [-0.2, 0) is 0 Å². The first kappa shape index (κ1) is 23.8. The second-order valence-corrected chi connectivity index (χ2v) is 12.1. The Morgan fingerprint density at radius 1 is 0.250 bits per heavy atom. The number of rotatable bonds is 2. The van der Waals surface area contributed by atoms with Gasteiger partial charge in [-0.1, -0.05) is 152 Å². The quantitative estimate of drug-likeness (QED) is 0.186. The third-order valence-corrected chi connectivity index (χ3v) is 9.78. The summed E-state index contributed by atoms with van der Waals surface area (Å²) in [5, 5.41) is 18.2. The van der Waals surface area contributed by atoms with Crippen LogP contribution in [0.5, 0.6) is 0 Å². The monoisotopic (exact) mass is 554 g/mol. The van der Waals surface area contributed by atoms with Gasteiger partial charge in [-0.25, -0.2) is 0 Å². The molecule has 0 amide bonds. The van der Waals surface area contributed by atoms with Gasteiger partial charge >= 0.3 is 0 Å². The summed E-state index contributed by atoms with van der Waals surface area (Å²) in [6.07, 6.45) is 0. The van der Waals surface area contributed by atoms with E-state index >= 15 is 0 Å². The summed E-state index contributed by atoms with van der Waals surface area (Å²) in [6, 6.07) is 58.7. The first-order valence-corrected chi connectivity index (χ1v) is 15.4. The van der Waals surface area contributed by atoms with Gasteiger partial charge in [0.25, 0.3) is 0 Å². The third kappa shape index (κ3) is 3.28. The van der Waals surface area contributed by atoms with Gasteiger partial charge in [0.15, 0.2) is 0 Å². The van der Waals surface area contributed by atoms with E-state index in [-0.39, 0.29) is 0 Å². The maximum Gasteiger partial charge on any atom is -0.00206 e. The van der Waals surface area contributed by atoms with Crippen molar-refractivity contribution in [2.45, 2.75) is 0 Å². The Bertz CT molecular complexity index is 2750. The van der Waals surface area contributed by atoms with Crippen LogP contribution in [0.2, 0.25) is 0 Å². The Kier molecular flexibility index (Phi) is 4.81. The second-order valence-electron chi connectivity index (χ2n) is 12.1. The number of hydrogen-bond donors (Lipinski definition) is 0. The summed E-state index contributed by atoms with van der Waals surface area (Å²) < 4.78 is 0. The molecule has 0 aliphatic rings. The van der Waals surface area contributed by atoms with Gasteiger partial charge in [-0.05, 0) is 104 Å². The zero-order valence-electron chi connectivity index (χ0n) is 24.0. The van der Waals surface area contributed by atoms with Crippen LogP contribution in [0.3, 0.4) is 0 Å². The van der Waals surface area contributed by atoms with Gasteiger partial charge in [-0.3, -0.25) is 0 Å². The van der Waals surface area contributed by atoms with E-state index in [1.165, 1.54) is 97.7 Å². The van der Waals surface area contributed by atoms with E-state index in [1.54, 1.807) is 0 Å². The molecule has 10 rings (SSSR count). The van der Waals surface area contributed by atoms with E-state index in [0.29, 0.717) is 0 Å². The van der Waals surface area contributed by atoms with E-state index in [2.05, 4.69) is 158 Å². The second kappa shape index (κ2) is 8.89. The molecule has 0 aromatic heterocycles. The molecule has 0 aliphatic heterocycles. The summed E-state index contributed by atoms with van der Waals surface area (Å²) in [6.45, 7) is 0. The molecule has 0 spiro atoms. The molecule has 10 aromatic rings. The highest BCUT2D eigenvalue weighted by Gasteiger charge is 2.17. The highest BCUT2D eigenvalue weighted by atomic mass is 14.2. The average Bonchev–Trinajstić information content (AvgIpc) is 3.09. The van der Waals surface area contributed by atoms with E-state index in [9.17, 15) is 0 Å². The summed E-state index contributed by atoms with van der Waals surface area (Å²) in [5.41, 5.74) is 5.09. The van der Waals surface area contributed by atoms with Crippen LogP contribution in [0.1, 0.15) is 0 Å². The van der Waals surface area contributed by atoms with Crippen LogP contribution in [0, 0.1) is 0 Å². The first-order valence-electron chi connectivity index (χ1n) is 15.4. The predicted molar refractivity (Wildman–Crippen MR) is 191 cm³/mol. The summed E-state index contributed by atoms with van der Waals surface area (Å²) >= 11 is 0. The summed E-state index contributed by atoms with van der Waals surface area (Å²) in [5.74, 6) is 0. The molecule has 10 aromatic carbocycles. The molecule has 0 atom stereocenters. The number of hydrogen-bond acceptors (Lipinski definition) is 0. The molecule has 0 fully saturated rings. The molecular weight excluding hydrogens is 528 g/mol. The molecule has 202 valence electrons. The van der Waals surface area contributed by atoms with Gasteiger partial charge < -0.3 is 0 Å². The molecule has 0 saturated carbocycles. The van der Waals surface area contributed by atoms with Gasteiger partial charge in [0.2, 0.25) is 0 Å². The molecule has 0 nitrogen and oxygen atoms in total. The van der Waals surface area contributed by atoms with E-state index in [0.717, 1.165) is 0 Å². The molecule has 0 aliphatic carbocycles. The highest BCUT2D eigenvalue weighted by molar-refractivity contribution is 6.26. The molecule has 0 radical (unpaired) electrons. The summed E-state index contributed by atoms with van der Waals surface area (Å²) in [4.78, 5) is 0. The molecule has 0 bridgehead atoms. The first-order chi connectivity index (χ1) is 21.8. The zero-order chi connectivity index (χ0) is 28.8. The van der Waals surface area contributed by atoms with E-state index in [4.69, 9.17) is 0 Å². The fourth-order valence-electron chi connectivity index (χ4n) is 7.76. The lowest BCUT2D eigenvalue weighted by Crippen LogP contribution is -1.91. The Morgan fingerprint density at radius 2 is 0.750 bits per heavy atom. The van der Waals surface area contributed by atoms with Crippen LogP contribution >= 0.6 is 0 Å². The SMILES string of the molecule is c1ccc2c(-c3ccc4c(ccc5c6ccccc6ccc45)c3)c(-c3ccc4ccc5cccc6ccc3c4c56)ccc2c1. The largest absolute Gasteiger partial charge is 0.0616 e. The van der Waals surface area contributed by atoms with Crippen molar-refractivity contribution in [2.24, 2.45) is 0 Å². The van der Waals surface area contributed by atoms with Crippen LogP contribution in [0.25, 0.3) is 97.7 Å². The maximum atomic E-state index is 2.39. The van der Waals surface area contributed by atoms with Gasteiger partial charge in [-0.15, -0.1) is 0 Å². The Balaban J connectivity index is 1.27. The topological polar surface area (TPSA) is 0 Å². The normalized spacial score (nSPS) is 12.1. The number of benzene rings is 10. The maximum absolute atomic E-state index is 2.39. The molecule has 0 saturated heterocycles. The molecule has 0 heteroatoms. The van der Waals surface area contributed by atoms with Crippen molar-refractivity contribution in [3.05, 3.63) is 158 Å². The lowest BCUT2D eigenvalue weighted by Gasteiger charge is -2.18. The van der Waals surface area contributed by atoms with Crippen LogP contribution in [0.4, 0.5) is 0 Å². The molecule has 0 N–H and O–H groups in total. The average molecular weight is 555 g/mol. The number of fused-ring (bicyclic) bond motifs is 6. The van der Waals surface area contributed by atoms with Crippen molar-refractivity contribution in [1.29, 1.82) is 0 Å². The Hall–Kier alpha value is -5.72. The summed E-state index contributed by atoms with van der Waals surface area (Å²) in [7, 11) is 0. The minimum Gasteiger partial charge on any atom is -0.0616 e. The minimum absolute atomic E-state index is 1.25. The van der Waals surface area contributed by atoms with Crippen molar-refractivity contribution in [1.82, 2.24) is 0 Å². The predicted octanol–water partition coefficient (Wildman–Crippen LogP) is 12.5. The van der Waals surface area contributed by atoms with Crippen molar-refractivity contribution in [3.8, 4) is 22.3 Å². The van der Waals surface area contributed by atoms with Crippen LogP contribution in [-0.4, -0.2) is 0 Å². The fourth-order valence-corrected chi connectivity index (χ4v) is 7.76.